The topological polar surface area (TPSA) is 38.3 Å². The van der Waals surface area contributed by atoms with E-state index in [1.807, 2.05) is 12.1 Å². The van der Waals surface area contributed by atoms with Crippen molar-refractivity contribution in [1.29, 1.82) is 0 Å². The summed E-state index contributed by atoms with van der Waals surface area (Å²) in [5.74, 6) is 2.37. The summed E-state index contributed by atoms with van der Waals surface area (Å²) in [6, 6.07) is 3.98. The zero-order valence-corrected chi connectivity index (χ0v) is 10.1. The van der Waals surface area contributed by atoms with E-state index in [-0.39, 0.29) is 5.97 Å². The lowest BCUT2D eigenvalue weighted by molar-refractivity contribution is -0.139. The third-order valence-corrected chi connectivity index (χ3v) is 3.09. The van der Waals surface area contributed by atoms with Crippen molar-refractivity contribution >= 4 is 17.3 Å². The highest BCUT2D eigenvalue weighted by Gasteiger charge is 2.05. The van der Waals surface area contributed by atoms with Crippen molar-refractivity contribution in [1.82, 2.24) is 5.32 Å². The molecule has 0 aliphatic carbocycles. The molecule has 0 bridgehead atoms. The molecule has 1 aromatic rings. The molecule has 3 nitrogen and oxygen atoms in total. The number of terminal acetylenes is 1. The zero-order valence-electron chi connectivity index (χ0n) is 9.29. The molecule has 0 unspecified atom stereocenters. The van der Waals surface area contributed by atoms with Gasteiger partial charge in [-0.25, -0.2) is 0 Å². The van der Waals surface area contributed by atoms with Gasteiger partial charge in [0.2, 0.25) is 0 Å². The van der Waals surface area contributed by atoms with E-state index in [0.29, 0.717) is 6.42 Å². The third-order valence-electron chi connectivity index (χ3n) is 2.01. The van der Waals surface area contributed by atoms with Crippen molar-refractivity contribution in [2.45, 2.75) is 19.4 Å². The van der Waals surface area contributed by atoms with Gasteiger partial charge in [0.1, 0.15) is 0 Å². The zero-order chi connectivity index (χ0) is 11.8. The van der Waals surface area contributed by atoms with Gasteiger partial charge in [-0.3, -0.25) is 4.79 Å². The van der Waals surface area contributed by atoms with Gasteiger partial charge in [-0.2, -0.15) is 0 Å². The number of esters is 1. The van der Waals surface area contributed by atoms with Gasteiger partial charge in [-0.1, -0.05) is 0 Å². The predicted octanol–water partition coefficient (Wildman–Crippen LogP) is 1.58. The van der Waals surface area contributed by atoms with Crippen LogP contribution in [0.4, 0.5) is 0 Å². The summed E-state index contributed by atoms with van der Waals surface area (Å²) >= 11 is 1.62. The van der Waals surface area contributed by atoms with Gasteiger partial charge in [0.15, 0.2) is 0 Å². The summed E-state index contributed by atoms with van der Waals surface area (Å²) in [6.07, 6.45) is 6.23. The molecule has 0 amide bonds. The number of nitrogens with one attached hydrogen (secondary N) is 1. The summed E-state index contributed by atoms with van der Waals surface area (Å²) in [7, 11) is 1.40. The van der Waals surface area contributed by atoms with Gasteiger partial charge in [0.05, 0.1) is 13.5 Å². The number of hydrogen-bond donors (Lipinski definition) is 1. The minimum Gasteiger partial charge on any atom is -0.469 e. The van der Waals surface area contributed by atoms with Crippen LogP contribution in [0.3, 0.4) is 0 Å². The molecule has 1 aromatic heterocycles. The molecule has 0 saturated carbocycles. The molecule has 16 heavy (non-hydrogen) atoms. The minimum atomic E-state index is -0.200. The van der Waals surface area contributed by atoms with Crippen molar-refractivity contribution in [2.75, 3.05) is 13.7 Å². The van der Waals surface area contributed by atoms with Crippen LogP contribution in [0.25, 0.3) is 0 Å². The summed E-state index contributed by atoms with van der Waals surface area (Å²) in [5.41, 5.74) is 0. The Morgan fingerprint density at radius 1 is 1.56 bits per heavy atom. The Morgan fingerprint density at radius 3 is 3.00 bits per heavy atom. The predicted molar refractivity (Wildman–Crippen MR) is 65.2 cm³/mol. The Bertz CT molecular complexity index is 379. The smallest absolute Gasteiger partial charge is 0.310 e. The number of rotatable bonds is 6. The van der Waals surface area contributed by atoms with Gasteiger partial charge in [-0.05, 0) is 12.1 Å². The van der Waals surface area contributed by atoms with Crippen LogP contribution in [0.1, 0.15) is 16.2 Å². The van der Waals surface area contributed by atoms with Crippen molar-refractivity contribution in [3.8, 4) is 12.3 Å². The monoisotopic (exact) mass is 237 g/mol. The fourth-order valence-corrected chi connectivity index (χ4v) is 2.17. The molecule has 0 fully saturated rings. The minimum absolute atomic E-state index is 0.200. The highest BCUT2D eigenvalue weighted by molar-refractivity contribution is 7.12. The van der Waals surface area contributed by atoms with Crippen LogP contribution >= 0.6 is 11.3 Å². The number of thiophene rings is 1. The lowest BCUT2D eigenvalue weighted by atomic mass is 10.3. The normalized spacial score (nSPS) is 9.75. The van der Waals surface area contributed by atoms with E-state index in [2.05, 4.69) is 16.0 Å². The summed E-state index contributed by atoms with van der Waals surface area (Å²) in [5, 5.41) is 3.23. The molecule has 0 radical (unpaired) electrons. The highest BCUT2D eigenvalue weighted by Crippen LogP contribution is 2.17. The number of ether oxygens (including phenoxy) is 1. The molecule has 0 aliphatic heterocycles. The average Bonchev–Trinajstić information content (AvgIpc) is 2.72. The largest absolute Gasteiger partial charge is 0.469 e. The number of hydrogen-bond acceptors (Lipinski definition) is 4. The van der Waals surface area contributed by atoms with Crippen LogP contribution in [0.2, 0.25) is 0 Å². The van der Waals surface area contributed by atoms with Crippen molar-refractivity contribution in [3.05, 3.63) is 21.9 Å². The summed E-state index contributed by atoms with van der Waals surface area (Å²) in [6.45, 7) is 1.62. The molecule has 0 aromatic carbocycles. The van der Waals surface area contributed by atoms with Gasteiger partial charge < -0.3 is 10.1 Å². The standard InChI is InChI=1S/C12H15NO2S/c1-3-4-7-13-9-11-6-5-10(16-11)8-12(14)15-2/h1,5-6,13H,4,7-9H2,2H3. The molecule has 0 atom stereocenters. The van der Waals surface area contributed by atoms with Crippen LogP contribution in [0.5, 0.6) is 0 Å². The third kappa shape index (κ3) is 4.47. The maximum Gasteiger partial charge on any atom is 0.310 e. The van der Waals surface area contributed by atoms with Crippen molar-refractivity contribution in [3.63, 3.8) is 0 Å². The molecular formula is C12H15NO2S. The lowest BCUT2D eigenvalue weighted by Gasteiger charge is -1.98. The lowest BCUT2D eigenvalue weighted by Crippen LogP contribution is -2.13. The fraction of sp³-hybridized carbons (Fsp3) is 0.417. The SMILES string of the molecule is C#CCCNCc1ccc(CC(=O)OC)s1. The van der Waals surface area contributed by atoms with E-state index in [9.17, 15) is 4.79 Å². The number of methoxy groups -OCH3 is 1. The van der Waals surface area contributed by atoms with E-state index >= 15 is 0 Å². The van der Waals surface area contributed by atoms with Crippen LogP contribution in [0.15, 0.2) is 12.1 Å². The summed E-state index contributed by atoms with van der Waals surface area (Å²) < 4.78 is 4.61. The first kappa shape index (κ1) is 12.8. The Hall–Kier alpha value is -1.31. The van der Waals surface area contributed by atoms with Crippen molar-refractivity contribution < 1.29 is 9.53 Å². The first-order valence-electron chi connectivity index (χ1n) is 5.05. The van der Waals surface area contributed by atoms with Crippen LogP contribution in [-0.4, -0.2) is 19.6 Å². The highest BCUT2D eigenvalue weighted by atomic mass is 32.1. The second-order valence-corrected chi connectivity index (χ2v) is 4.50. The van der Waals surface area contributed by atoms with Gasteiger partial charge >= 0.3 is 5.97 Å². The first-order chi connectivity index (χ1) is 7.76. The van der Waals surface area contributed by atoms with E-state index < -0.39 is 0 Å². The molecule has 4 heteroatoms. The molecule has 0 spiro atoms. The second-order valence-electron chi connectivity index (χ2n) is 3.25. The molecule has 86 valence electrons. The Balaban J connectivity index is 2.34. The Morgan fingerprint density at radius 2 is 2.31 bits per heavy atom. The van der Waals surface area contributed by atoms with E-state index in [0.717, 1.165) is 24.4 Å². The summed E-state index contributed by atoms with van der Waals surface area (Å²) in [4.78, 5) is 13.3. The van der Waals surface area contributed by atoms with Gasteiger partial charge in [0.25, 0.3) is 0 Å². The molecule has 0 saturated heterocycles. The fourth-order valence-electron chi connectivity index (χ4n) is 1.20. The van der Waals surface area contributed by atoms with Crippen LogP contribution < -0.4 is 5.32 Å². The second kappa shape index (κ2) is 7.04. The Kier molecular flexibility index (Phi) is 5.62. The number of carbonyl (C=O) groups is 1. The van der Waals surface area contributed by atoms with Gasteiger partial charge in [-0.15, -0.1) is 23.7 Å². The van der Waals surface area contributed by atoms with E-state index in [1.165, 1.54) is 12.0 Å². The molecule has 1 rings (SSSR count). The van der Waals surface area contributed by atoms with Crippen LogP contribution in [0, 0.1) is 12.3 Å². The maximum atomic E-state index is 11.0. The van der Waals surface area contributed by atoms with Crippen LogP contribution in [-0.2, 0) is 22.5 Å². The Labute approximate surface area is 99.8 Å². The molecule has 1 heterocycles. The maximum absolute atomic E-state index is 11.0. The molecular weight excluding hydrogens is 222 g/mol. The van der Waals surface area contributed by atoms with E-state index in [1.54, 1.807) is 11.3 Å². The quantitative estimate of drug-likeness (QED) is 0.464. The number of carbonyl (C=O) groups excluding carboxylic acids is 1. The first-order valence-corrected chi connectivity index (χ1v) is 5.86. The van der Waals surface area contributed by atoms with E-state index in [4.69, 9.17) is 6.42 Å². The molecule has 1 N–H and O–H groups in total. The molecule has 0 aliphatic rings. The average molecular weight is 237 g/mol. The van der Waals surface area contributed by atoms with Gasteiger partial charge in [0, 0.05) is 29.3 Å². The van der Waals surface area contributed by atoms with Crippen molar-refractivity contribution in [2.24, 2.45) is 0 Å².